The third kappa shape index (κ3) is 3.46. The zero-order valence-electron chi connectivity index (χ0n) is 10.5. The first kappa shape index (κ1) is 13.4. The van der Waals surface area contributed by atoms with Gasteiger partial charge >= 0.3 is 0 Å². The van der Waals surface area contributed by atoms with Gasteiger partial charge in [0.05, 0.1) is 6.26 Å². The second-order valence-electron chi connectivity index (χ2n) is 4.33. The summed E-state index contributed by atoms with van der Waals surface area (Å²) in [6, 6.07) is 4.57. The lowest BCUT2D eigenvalue weighted by Crippen LogP contribution is -2.44. The molecule has 1 N–H and O–H groups in total. The second kappa shape index (κ2) is 6.76. The van der Waals surface area contributed by atoms with E-state index in [2.05, 4.69) is 48.9 Å². The topological polar surface area (TPSA) is 25.2 Å². The van der Waals surface area contributed by atoms with Crippen LogP contribution in [-0.2, 0) is 6.42 Å². The van der Waals surface area contributed by atoms with Crippen LogP contribution in [0.1, 0.15) is 19.1 Å². The number of nitrogens with one attached hydrogen (secondary N) is 1. The molecule has 0 aromatic carbocycles. The minimum Gasteiger partial charge on any atom is -0.469 e. The maximum absolute atomic E-state index is 5.47. The molecule has 0 radical (unpaired) electrons. The molecular formula is C13H21NOS2. The van der Waals surface area contributed by atoms with Crippen molar-refractivity contribution in [3.8, 4) is 0 Å². The monoisotopic (exact) mass is 271 g/mol. The highest BCUT2D eigenvalue weighted by Gasteiger charge is 2.31. The van der Waals surface area contributed by atoms with E-state index in [1.54, 1.807) is 6.26 Å². The maximum atomic E-state index is 5.47. The SMILES string of the molecule is CCC1SCCSC1C(Cc1ccco1)NC. The van der Waals surface area contributed by atoms with Crippen LogP contribution in [0.2, 0.25) is 0 Å². The highest BCUT2D eigenvalue weighted by Crippen LogP contribution is 2.35. The van der Waals surface area contributed by atoms with Crippen molar-refractivity contribution in [3.63, 3.8) is 0 Å². The summed E-state index contributed by atoms with van der Waals surface area (Å²) < 4.78 is 5.47. The first-order valence-electron chi connectivity index (χ1n) is 6.28. The zero-order valence-corrected chi connectivity index (χ0v) is 12.2. The van der Waals surface area contributed by atoms with Gasteiger partial charge in [0.25, 0.3) is 0 Å². The Bertz CT molecular complexity index is 315. The Morgan fingerprint density at radius 2 is 2.29 bits per heavy atom. The van der Waals surface area contributed by atoms with Crippen LogP contribution in [0.5, 0.6) is 0 Å². The number of furan rings is 1. The van der Waals surface area contributed by atoms with Crippen molar-refractivity contribution in [3.05, 3.63) is 24.2 Å². The van der Waals surface area contributed by atoms with E-state index in [4.69, 9.17) is 4.42 Å². The molecule has 2 heterocycles. The van der Waals surface area contributed by atoms with E-state index < -0.39 is 0 Å². The maximum Gasteiger partial charge on any atom is 0.105 e. The third-order valence-corrected chi connectivity index (χ3v) is 6.67. The molecule has 1 saturated heterocycles. The molecule has 2 nitrogen and oxygen atoms in total. The van der Waals surface area contributed by atoms with Crippen LogP contribution < -0.4 is 5.32 Å². The molecule has 1 aromatic heterocycles. The van der Waals surface area contributed by atoms with Gasteiger partial charge in [-0.1, -0.05) is 6.92 Å². The van der Waals surface area contributed by atoms with Crippen LogP contribution in [0.4, 0.5) is 0 Å². The molecule has 3 unspecified atom stereocenters. The van der Waals surface area contributed by atoms with E-state index >= 15 is 0 Å². The average molecular weight is 271 g/mol. The predicted molar refractivity (Wildman–Crippen MR) is 78.0 cm³/mol. The number of likely N-dealkylation sites (N-methyl/N-ethyl adjacent to an activating group) is 1. The highest BCUT2D eigenvalue weighted by molar-refractivity contribution is 8.07. The lowest BCUT2D eigenvalue weighted by Gasteiger charge is -2.35. The summed E-state index contributed by atoms with van der Waals surface area (Å²) >= 11 is 4.26. The van der Waals surface area contributed by atoms with Crippen LogP contribution in [0.3, 0.4) is 0 Å². The average Bonchev–Trinajstić information content (AvgIpc) is 2.89. The molecule has 1 fully saturated rings. The Morgan fingerprint density at radius 1 is 1.47 bits per heavy atom. The van der Waals surface area contributed by atoms with E-state index in [0.717, 1.165) is 17.4 Å². The minimum atomic E-state index is 0.517. The van der Waals surface area contributed by atoms with E-state index in [9.17, 15) is 0 Å². The molecule has 1 aliphatic rings. The largest absolute Gasteiger partial charge is 0.469 e. The van der Waals surface area contributed by atoms with Crippen LogP contribution in [0, 0.1) is 0 Å². The normalized spacial score (nSPS) is 26.9. The fourth-order valence-electron chi connectivity index (χ4n) is 2.34. The van der Waals surface area contributed by atoms with Crippen LogP contribution in [0.15, 0.2) is 22.8 Å². The molecule has 1 aromatic rings. The van der Waals surface area contributed by atoms with Crippen molar-refractivity contribution in [1.82, 2.24) is 5.32 Å². The zero-order chi connectivity index (χ0) is 12.1. The van der Waals surface area contributed by atoms with Crippen LogP contribution >= 0.6 is 23.5 Å². The summed E-state index contributed by atoms with van der Waals surface area (Å²) in [7, 11) is 2.07. The Hall–Kier alpha value is -0.0600. The molecule has 0 saturated carbocycles. The number of thioether (sulfide) groups is 2. The summed E-state index contributed by atoms with van der Waals surface area (Å²) in [6.45, 7) is 2.30. The predicted octanol–water partition coefficient (Wildman–Crippen LogP) is 3.04. The van der Waals surface area contributed by atoms with Crippen molar-refractivity contribution >= 4 is 23.5 Å². The molecule has 0 bridgehead atoms. The Labute approximate surface area is 112 Å². The van der Waals surface area contributed by atoms with Gasteiger partial charge in [-0.3, -0.25) is 0 Å². The Morgan fingerprint density at radius 3 is 2.94 bits per heavy atom. The van der Waals surface area contributed by atoms with Gasteiger partial charge in [0.2, 0.25) is 0 Å². The molecule has 4 heteroatoms. The fraction of sp³-hybridized carbons (Fsp3) is 0.692. The van der Waals surface area contributed by atoms with Crippen LogP contribution in [-0.4, -0.2) is 35.1 Å². The van der Waals surface area contributed by atoms with E-state index in [-0.39, 0.29) is 0 Å². The van der Waals surface area contributed by atoms with Gasteiger partial charge < -0.3 is 9.73 Å². The molecule has 96 valence electrons. The van der Waals surface area contributed by atoms with Gasteiger partial charge in [0.15, 0.2) is 0 Å². The molecule has 1 aliphatic heterocycles. The van der Waals surface area contributed by atoms with Gasteiger partial charge in [-0.15, -0.1) is 0 Å². The van der Waals surface area contributed by atoms with E-state index in [1.807, 2.05) is 6.07 Å². The fourth-order valence-corrected chi connectivity index (χ4v) is 5.64. The third-order valence-electron chi connectivity index (χ3n) is 3.26. The summed E-state index contributed by atoms with van der Waals surface area (Å²) in [5, 5.41) is 4.96. The molecule has 0 amide bonds. The summed E-state index contributed by atoms with van der Waals surface area (Å²) in [6.07, 6.45) is 4.03. The van der Waals surface area contributed by atoms with E-state index in [1.165, 1.54) is 17.9 Å². The van der Waals surface area contributed by atoms with Gasteiger partial charge in [-0.2, -0.15) is 23.5 Å². The number of hydrogen-bond acceptors (Lipinski definition) is 4. The molecular weight excluding hydrogens is 250 g/mol. The molecule has 3 atom stereocenters. The Kier molecular flexibility index (Phi) is 5.32. The first-order valence-corrected chi connectivity index (χ1v) is 8.37. The smallest absolute Gasteiger partial charge is 0.105 e. The minimum absolute atomic E-state index is 0.517. The van der Waals surface area contributed by atoms with Crippen molar-refractivity contribution in [2.75, 3.05) is 18.6 Å². The lowest BCUT2D eigenvalue weighted by molar-refractivity contribution is 0.444. The molecule has 17 heavy (non-hydrogen) atoms. The highest BCUT2D eigenvalue weighted by atomic mass is 32.2. The van der Waals surface area contributed by atoms with Crippen molar-refractivity contribution in [1.29, 1.82) is 0 Å². The summed E-state index contributed by atoms with van der Waals surface area (Å²) in [4.78, 5) is 0. The summed E-state index contributed by atoms with van der Waals surface area (Å²) in [5.41, 5.74) is 0. The van der Waals surface area contributed by atoms with Gasteiger partial charge in [0.1, 0.15) is 5.76 Å². The van der Waals surface area contributed by atoms with Gasteiger partial charge in [-0.25, -0.2) is 0 Å². The Balaban J connectivity index is 2.00. The van der Waals surface area contributed by atoms with Gasteiger partial charge in [-0.05, 0) is 25.6 Å². The van der Waals surface area contributed by atoms with Crippen molar-refractivity contribution in [2.45, 2.75) is 36.3 Å². The molecule has 0 spiro atoms. The summed E-state index contributed by atoms with van der Waals surface area (Å²) in [5.74, 6) is 3.68. The molecule has 2 rings (SSSR count). The van der Waals surface area contributed by atoms with Crippen LogP contribution in [0.25, 0.3) is 0 Å². The second-order valence-corrected chi connectivity index (χ2v) is 6.96. The number of rotatable bonds is 5. The number of hydrogen-bond donors (Lipinski definition) is 1. The van der Waals surface area contributed by atoms with E-state index in [0.29, 0.717) is 11.3 Å². The van der Waals surface area contributed by atoms with Crippen molar-refractivity contribution in [2.24, 2.45) is 0 Å². The quantitative estimate of drug-likeness (QED) is 0.890. The standard InChI is InChI=1S/C13H21NOS2/c1-3-12-13(17-8-7-16-12)11(14-2)9-10-5-4-6-15-10/h4-6,11-14H,3,7-9H2,1-2H3. The van der Waals surface area contributed by atoms with Crippen molar-refractivity contribution < 1.29 is 4.42 Å². The molecule has 0 aliphatic carbocycles. The first-order chi connectivity index (χ1) is 8.35. The lowest BCUT2D eigenvalue weighted by atomic mass is 10.0. The van der Waals surface area contributed by atoms with Gasteiger partial charge in [0, 0.05) is 34.5 Å².